The standard InChI is InChI=1S/C20H21N5O/c1-12-18(22-8-7-21-12)25-17-9-14(15-10-23-13(2)24-11-15)5-6-16(17)20(3,4)19(25)26/h5,7-11,16H,6H2,1-4H3. The Morgan fingerprint density at radius 3 is 2.46 bits per heavy atom. The molecule has 1 atom stereocenters. The van der Waals surface area contributed by atoms with Crippen LogP contribution in [0.25, 0.3) is 5.57 Å². The van der Waals surface area contributed by atoms with E-state index in [9.17, 15) is 4.79 Å². The highest BCUT2D eigenvalue weighted by Gasteiger charge is 2.52. The molecule has 0 N–H and O–H groups in total. The highest BCUT2D eigenvalue weighted by atomic mass is 16.2. The predicted molar refractivity (Wildman–Crippen MR) is 99.0 cm³/mol. The molecule has 26 heavy (non-hydrogen) atoms. The minimum Gasteiger partial charge on any atom is -0.273 e. The van der Waals surface area contributed by atoms with Crippen LogP contribution in [0.3, 0.4) is 0 Å². The Bertz CT molecular complexity index is 943. The van der Waals surface area contributed by atoms with E-state index in [0.717, 1.165) is 34.8 Å². The van der Waals surface area contributed by atoms with Gasteiger partial charge in [0.05, 0.1) is 11.1 Å². The van der Waals surface area contributed by atoms with Gasteiger partial charge in [-0.2, -0.15) is 0 Å². The molecule has 6 nitrogen and oxygen atoms in total. The van der Waals surface area contributed by atoms with Crippen LogP contribution in [0.15, 0.2) is 42.6 Å². The molecule has 132 valence electrons. The summed E-state index contributed by atoms with van der Waals surface area (Å²) in [6.45, 7) is 7.76. The van der Waals surface area contributed by atoms with Crippen LogP contribution in [0.1, 0.15) is 37.4 Å². The number of rotatable bonds is 2. The Balaban J connectivity index is 1.82. The van der Waals surface area contributed by atoms with Gasteiger partial charge in [-0.15, -0.1) is 0 Å². The number of carbonyl (C=O) groups is 1. The van der Waals surface area contributed by atoms with Crippen LogP contribution in [-0.4, -0.2) is 25.8 Å². The zero-order valence-corrected chi connectivity index (χ0v) is 15.4. The van der Waals surface area contributed by atoms with Crippen molar-refractivity contribution in [2.45, 2.75) is 34.1 Å². The van der Waals surface area contributed by atoms with E-state index in [1.54, 1.807) is 17.3 Å². The van der Waals surface area contributed by atoms with Crippen LogP contribution in [0.2, 0.25) is 0 Å². The van der Waals surface area contributed by atoms with Crippen molar-refractivity contribution in [3.05, 3.63) is 59.7 Å². The van der Waals surface area contributed by atoms with Gasteiger partial charge in [-0.3, -0.25) is 14.7 Å². The van der Waals surface area contributed by atoms with E-state index < -0.39 is 5.41 Å². The van der Waals surface area contributed by atoms with E-state index in [2.05, 4.69) is 32.1 Å². The normalized spacial score (nSPS) is 21.3. The molecule has 3 heterocycles. The van der Waals surface area contributed by atoms with Gasteiger partial charge in [-0.05, 0) is 31.9 Å². The van der Waals surface area contributed by atoms with E-state index in [-0.39, 0.29) is 11.8 Å². The summed E-state index contributed by atoms with van der Waals surface area (Å²) in [6.07, 6.45) is 12.0. The Morgan fingerprint density at radius 2 is 1.77 bits per heavy atom. The summed E-state index contributed by atoms with van der Waals surface area (Å²) in [5, 5.41) is 0. The first-order valence-electron chi connectivity index (χ1n) is 8.72. The molecule has 2 aromatic heterocycles. The lowest BCUT2D eigenvalue weighted by molar-refractivity contribution is -0.125. The molecule has 1 amide bonds. The molecule has 1 fully saturated rings. The molecule has 0 spiro atoms. The number of carbonyl (C=O) groups excluding carboxylic acids is 1. The largest absolute Gasteiger partial charge is 0.273 e. The molecule has 1 aliphatic heterocycles. The zero-order valence-electron chi connectivity index (χ0n) is 15.4. The van der Waals surface area contributed by atoms with E-state index in [1.165, 1.54) is 0 Å². The number of amides is 1. The quantitative estimate of drug-likeness (QED) is 0.834. The van der Waals surface area contributed by atoms with Gasteiger partial charge in [-0.1, -0.05) is 19.9 Å². The highest BCUT2D eigenvalue weighted by Crippen LogP contribution is 2.50. The maximum absolute atomic E-state index is 13.2. The van der Waals surface area contributed by atoms with Crippen LogP contribution in [-0.2, 0) is 4.79 Å². The molecule has 0 aromatic carbocycles. The van der Waals surface area contributed by atoms with Gasteiger partial charge < -0.3 is 0 Å². The average molecular weight is 347 g/mol. The molecule has 0 bridgehead atoms. The number of nitrogens with zero attached hydrogens (tertiary/aromatic N) is 5. The van der Waals surface area contributed by atoms with Crippen molar-refractivity contribution in [3.8, 4) is 0 Å². The van der Waals surface area contributed by atoms with Crippen LogP contribution in [0.4, 0.5) is 5.82 Å². The second kappa shape index (κ2) is 5.83. The number of hydrogen-bond donors (Lipinski definition) is 0. The fourth-order valence-electron chi connectivity index (χ4n) is 3.70. The van der Waals surface area contributed by atoms with E-state index in [0.29, 0.717) is 5.82 Å². The van der Waals surface area contributed by atoms with Crippen LogP contribution in [0.5, 0.6) is 0 Å². The molecule has 1 saturated heterocycles. The minimum atomic E-state index is -0.485. The molecule has 6 heteroatoms. The van der Waals surface area contributed by atoms with Crippen molar-refractivity contribution in [2.75, 3.05) is 4.90 Å². The monoisotopic (exact) mass is 347 g/mol. The van der Waals surface area contributed by atoms with E-state index >= 15 is 0 Å². The van der Waals surface area contributed by atoms with Gasteiger partial charge in [0.2, 0.25) is 5.91 Å². The number of allylic oxidation sites excluding steroid dienone is 4. The number of aryl methyl sites for hydroxylation is 2. The van der Waals surface area contributed by atoms with Gasteiger partial charge in [-0.25, -0.2) is 15.0 Å². The second-order valence-electron chi connectivity index (χ2n) is 7.36. The molecular formula is C20H21N5O. The van der Waals surface area contributed by atoms with Gasteiger partial charge in [0, 0.05) is 42.0 Å². The third-order valence-corrected chi connectivity index (χ3v) is 5.30. The summed E-state index contributed by atoms with van der Waals surface area (Å²) in [5.74, 6) is 1.53. The lowest BCUT2D eigenvalue weighted by Crippen LogP contribution is -2.32. The third kappa shape index (κ3) is 2.44. The maximum Gasteiger partial charge on any atom is 0.238 e. The van der Waals surface area contributed by atoms with Crippen molar-refractivity contribution in [1.29, 1.82) is 0 Å². The average Bonchev–Trinajstić information content (AvgIpc) is 2.82. The summed E-state index contributed by atoms with van der Waals surface area (Å²) in [5.41, 5.74) is 3.22. The van der Waals surface area contributed by atoms with Crippen LogP contribution in [0, 0.1) is 25.2 Å². The lowest BCUT2D eigenvalue weighted by atomic mass is 9.75. The molecule has 0 saturated carbocycles. The van der Waals surface area contributed by atoms with Gasteiger partial charge in [0.15, 0.2) is 5.82 Å². The van der Waals surface area contributed by atoms with Gasteiger partial charge >= 0.3 is 0 Å². The summed E-state index contributed by atoms with van der Waals surface area (Å²) in [4.78, 5) is 32.3. The number of anilines is 1. The molecule has 1 unspecified atom stereocenters. The fraction of sp³-hybridized carbons (Fsp3) is 0.350. The maximum atomic E-state index is 13.2. The van der Waals surface area contributed by atoms with E-state index in [1.807, 2.05) is 40.1 Å². The number of hydrogen-bond acceptors (Lipinski definition) is 5. The summed E-state index contributed by atoms with van der Waals surface area (Å²) in [6, 6.07) is 0. The van der Waals surface area contributed by atoms with Crippen LogP contribution >= 0.6 is 0 Å². The second-order valence-corrected chi connectivity index (χ2v) is 7.36. The van der Waals surface area contributed by atoms with E-state index in [4.69, 9.17) is 0 Å². The Labute approximate surface area is 152 Å². The Hall–Kier alpha value is -2.89. The molecule has 0 radical (unpaired) electrons. The van der Waals surface area contributed by atoms with Crippen molar-refractivity contribution in [1.82, 2.24) is 19.9 Å². The molecule has 2 aromatic rings. The van der Waals surface area contributed by atoms with Gasteiger partial charge in [0.1, 0.15) is 5.82 Å². The van der Waals surface area contributed by atoms with Crippen LogP contribution < -0.4 is 4.90 Å². The molecular weight excluding hydrogens is 326 g/mol. The first-order valence-corrected chi connectivity index (χ1v) is 8.72. The van der Waals surface area contributed by atoms with Crippen molar-refractivity contribution in [3.63, 3.8) is 0 Å². The number of aromatic nitrogens is 4. The smallest absolute Gasteiger partial charge is 0.238 e. The molecule has 1 aliphatic carbocycles. The predicted octanol–water partition coefficient (Wildman–Crippen LogP) is 3.24. The first-order chi connectivity index (χ1) is 12.4. The topological polar surface area (TPSA) is 71.9 Å². The Morgan fingerprint density at radius 1 is 1.08 bits per heavy atom. The van der Waals surface area contributed by atoms with Crippen molar-refractivity contribution >= 4 is 17.3 Å². The van der Waals surface area contributed by atoms with Gasteiger partial charge in [0.25, 0.3) is 0 Å². The summed E-state index contributed by atoms with van der Waals surface area (Å²) < 4.78 is 0. The Kier molecular flexibility index (Phi) is 3.72. The van der Waals surface area contributed by atoms with Crippen molar-refractivity contribution in [2.24, 2.45) is 11.3 Å². The summed E-state index contributed by atoms with van der Waals surface area (Å²) >= 11 is 0. The van der Waals surface area contributed by atoms with Crippen molar-refractivity contribution < 1.29 is 4.79 Å². The number of fused-ring (bicyclic) bond motifs is 1. The SMILES string of the molecule is Cc1ncc(C2=CCC3C(=C2)N(c2nccnc2C)C(=O)C3(C)C)cn1. The molecule has 2 aliphatic rings. The lowest BCUT2D eigenvalue weighted by Gasteiger charge is -2.26. The highest BCUT2D eigenvalue weighted by molar-refractivity contribution is 6.04. The fourth-order valence-corrected chi connectivity index (χ4v) is 3.70. The summed E-state index contributed by atoms with van der Waals surface area (Å²) in [7, 11) is 0. The first kappa shape index (κ1) is 16.6. The zero-order chi connectivity index (χ0) is 18.5. The molecule has 4 rings (SSSR count). The third-order valence-electron chi connectivity index (χ3n) is 5.30. The minimum absolute atomic E-state index is 0.0622.